The fourth-order valence-electron chi connectivity index (χ4n) is 4.88. The van der Waals surface area contributed by atoms with Gasteiger partial charge in [0.05, 0.1) is 0 Å². The number of aryl methyl sites for hydroxylation is 1. The van der Waals surface area contributed by atoms with Crippen LogP contribution >= 0.6 is 0 Å². The molecule has 3 N–H and O–H groups in total. The Morgan fingerprint density at radius 1 is 1.03 bits per heavy atom. The molecule has 184 valence electrons. The number of likely N-dealkylation sites (tertiary alicyclic amines) is 1. The fraction of sp³-hybridized carbons (Fsp3) is 0.333. The van der Waals surface area contributed by atoms with Gasteiger partial charge in [-0.3, -0.25) is 9.74 Å². The standard InChI is InChI=1S/C30H36N2O3/c1-5-17-32-18-27(19-32)34-26-15-11-23(12-16-26)29(22(4)28-8-6-7-20(2)21(28)3)30(35-31)24-9-13-25(33)14-10-24/h6-16,27,29-30,33H,4-5,17-19,31H2,1-3H3/t29-,30?/m0/s1. The molecule has 0 bridgehead atoms. The molecular formula is C30H36N2O3. The van der Waals surface area contributed by atoms with Crippen LogP contribution < -0.4 is 10.6 Å². The van der Waals surface area contributed by atoms with Gasteiger partial charge in [0.2, 0.25) is 0 Å². The number of nitrogens with zero attached hydrogens (tertiary/aromatic N) is 1. The van der Waals surface area contributed by atoms with Gasteiger partial charge in [0, 0.05) is 19.0 Å². The van der Waals surface area contributed by atoms with Gasteiger partial charge in [-0.15, -0.1) is 0 Å². The van der Waals surface area contributed by atoms with Gasteiger partial charge in [-0.2, -0.15) is 0 Å². The molecule has 2 atom stereocenters. The van der Waals surface area contributed by atoms with Gasteiger partial charge in [0.15, 0.2) is 0 Å². The molecule has 1 aliphatic heterocycles. The Morgan fingerprint density at radius 3 is 2.31 bits per heavy atom. The molecule has 0 aliphatic carbocycles. The molecule has 5 nitrogen and oxygen atoms in total. The number of hydrogen-bond donors (Lipinski definition) is 2. The minimum Gasteiger partial charge on any atom is -0.508 e. The van der Waals surface area contributed by atoms with E-state index in [9.17, 15) is 5.11 Å². The summed E-state index contributed by atoms with van der Waals surface area (Å²) >= 11 is 0. The van der Waals surface area contributed by atoms with Crippen molar-refractivity contribution in [1.82, 2.24) is 4.90 Å². The molecule has 35 heavy (non-hydrogen) atoms. The van der Waals surface area contributed by atoms with E-state index in [1.807, 2.05) is 24.3 Å². The van der Waals surface area contributed by atoms with Gasteiger partial charge >= 0.3 is 0 Å². The topological polar surface area (TPSA) is 68.0 Å². The third-order valence-corrected chi connectivity index (χ3v) is 7.00. The second-order valence-electron chi connectivity index (χ2n) is 9.47. The molecule has 5 heteroatoms. The SMILES string of the molecule is C=C(c1cccc(C)c1C)[C@@H](c1ccc(OC2CN(CCC)C2)cc1)C(ON)c1ccc(O)cc1. The van der Waals surface area contributed by atoms with Crippen LogP contribution in [0, 0.1) is 13.8 Å². The summed E-state index contributed by atoms with van der Waals surface area (Å²) in [6.07, 6.45) is 0.924. The van der Waals surface area contributed by atoms with Gasteiger partial charge < -0.3 is 9.84 Å². The van der Waals surface area contributed by atoms with E-state index in [-0.39, 0.29) is 17.8 Å². The van der Waals surface area contributed by atoms with Crippen LogP contribution in [0.15, 0.2) is 73.3 Å². The van der Waals surface area contributed by atoms with Crippen LogP contribution in [-0.4, -0.2) is 35.7 Å². The lowest BCUT2D eigenvalue weighted by atomic mass is 9.79. The smallest absolute Gasteiger partial charge is 0.124 e. The van der Waals surface area contributed by atoms with Crippen molar-refractivity contribution in [2.75, 3.05) is 19.6 Å². The summed E-state index contributed by atoms with van der Waals surface area (Å²) < 4.78 is 6.18. The number of rotatable bonds is 10. The van der Waals surface area contributed by atoms with Gasteiger partial charge in [-0.25, -0.2) is 5.90 Å². The highest BCUT2D eigenvalue weighted by atomic mass is 16.6. The zero-order valence-electron chi connectivity index (χ0n) is 20.9. The van der Waals surface area contributed by atoms with Crippen molar-refractivity contribution in [1.29, 1.82) is 0 Å². The number of hydrogen-bond acceptors (Lipinski definition) is 5. The molecule has 1 saturated heterocycles. The van der Waals surface area contributed by atoms with Crippen molar-refractivity contribution in [2.45, 2.75) is 45.3 Å². The molecule has 3 aromatic carbocycles. The summed E-state index contributed by atoms with van der Waals surface area (Å²) in [6.45, 7) is 14.0. The van der Waals surface area contributed by atoms with E-state index < -0.39 is 6.10 Å². The van der Waals surface area contributed by atoms with Crippen LogP contribution in [0.4, 0.5) is 0 Å². The zero-order valence-corrected chi connectivity index (χ0v) is 20.9. The van der Waals surface area contributed by atoms with Crippen LogP contribution in [0.25, 0.3) is 5.57 Å². The normalized spacial score (nSPS) is 15.9. The maximum Gasteiger partial charge on any atom is 0.124 e. The van der Waals surface area contributed by atoms with Crippen LogP contribution in [0.2, 0.25) is 0 Å². The monoisotopic (exact) mass is 472 g/mol. The number of nitrogens with two attached hydrogens (primary N) is 1. The summed E-state index contributed by atoms with van der Waals surface area (Å²) in [6, 6.07) is 21.4. The molecule has 0 amide bonds. The van der Waals surface area contributed by atoms with E-state index in [4.69, 9.17) is 15.5 Å². The molecule has 0 saturated carbocycles. The summed E-state index contributed by atoms with van der Waals surface area (Å²) in [5, 5.41) is 9.79. The molecule has 0 spiro atoms. The summed E-state index contributed by atoms with van der Waals surface area (Å²) in [4.78, 5) is 7.99. The lowest BCUT2D eigenvalue weighted by molar-refractivity contribution is 0.0202. The predicted molar refractivity (Wildman–Crippen MR) is 141 cm³/mol. The first-order valence-electron chi connectivity index (χ1n) is 12.3. The molecule has 1 aliphatic rings. The van der Waals surface area contributed by atoms with E-state index in [1.54, 1.807) is 12.1 Å². The van der Waals surface area contributed by atoms with Crippen LogP contribution in [0.5, 0.6) is 11.5 Å². The molecule has 1 heterocycles. The largest absolute Gasteiger partial charge is 0.508 e. The Balaban J connectivity index is 1.64. The van der Waals surface area contributed by atoms with Crippen LogP contribution in [0.3, 0.4) is 0 Å². The van der Waals surface area contributed by atoms with Crippen molar-refractivity contribution in [3.05, 3.63) is 101 Å². The van der Waals surface area contributed by atoms with Crippen molar-refractivity contribution in [2.24, 2.45) is 5.90 Å². The molecule has 1 unspecified atom stereocenters. The van der Waals surface area contributed by atoms with Crippen molar-refractivity contribution in [3.63, 3.8) is 0 Å². The van der Waals surface area contributed by atoms with Gasteiger partial charge in [0.25, 0.3) is 0 Å². The number of ether oxygens (including phenoxy) is 1. The third kappa shape index (κ3) is 5.59. The highest BCUT2D eigenvalue weighted by Gasteiger charge is 2.31. The first-order valence-corrected chi connectivity index (χ1v) is 12.3. The Kier molecular flexibility index (Phi) is 7.91. The maximum absolute atomic E-state index is 9.79. The number of aromatic hydroxyl groups is 1. The predicted octanol–water partition coefficient (Wildman–Crippen LogP) is 5.91. The van der Waals surface area contributed by atoms with Gasteiger partial charge in [0.1, 0.15) is 23.7 Å². The Labute approximate surface area is 208 Å². The van der Waals surface area contributed by atoms with E-state index in [0.29, 0.717) is 0 Å². The molecule has 3 aromatic rings. The maximum atomic E-state index is 9.79. The average molecular weight is 473 g/mol. The second-order valence-corrected chi connectivity index (χ2v) is 9.47. The van der Waals surface area contributed by atoms with Crippen LogP contribution in [0.1, 0.15) is 53.2 Å². The van der Waals surface area contributed by atoms with E-state index in [2.05, 4.69) is 62.6 Å². The van der Waals surface area contributed by atoms with Crippen molar-refractivity contribution in [3.8, 4) is 11.5 Å². The average Bonchev–Trinajstić information content (AvgIpc) is 2.84. The highest BCUT2D eigenvalue weighted by molar-refractivity contribution is 5.73. The molecule has 1 fully saturated rings. The number of phenolic OH excluding ortho intramolecular Hbond substituents is 1. The van der Waals surface area contributed by atoms with Crippen molar-refractivity contribution < 1.29 is 14.7 Å². The van der Waals surface area contributed by atoms with E-state index in [1.165, 1.54) is 17.5 Å². The second kappa shape index (κ2) is 11.1. The minimum atomic E-state index is -0.482. The lowest BCUT2D eigenvalue weighted by Crippen LogP contribution is -2.53. The number of phenols is 1. The Bertz CT molecular complexity index is 1140. The van der Waals surface area contributed by atoms with Gasteiger partial charge in [-0.1, -0.05) is 56.0 Å². The summed E-state index contributed by atoms with van der Waals surface area (Å²) in [5.41, 5.74) is 6.31. The lowest BCUT2D eigenvalue weighted by Gasteiger charge is -2.38. The molecule has 4 rings (SSSR count). The molecule has 0 aromatic heterocycles. The Morgan fingerprint density at radius 2 is 1.69 bits per heavy atom. The first-order chi connectivity index (χ1) is 16.9. The van der Waals surface area contributed by atoms with E-state index in [0.717, 1.165) is 47.6 Å². The minimum absolute atomic E-state index is 0.199. The van der Waals surface area contributed by atoms with Gasteiger partial charge in [-0.05, 0) is 84.5 Å². The van der Waals surface area contributed by atoms with Crippen LogP contribution in [-0.2, 0) is 4.84 Å². The van der Waals surface area contributed by atoms with E-state index >= 15 is 0 Å². The number of benzene rings is 3. The summed E-state index contributed by atoms with van der Waals surface area (Å²) in [5.74, 6) is 6.72. The highest BCUT2D eigenvalue weighted by Crippen LogP contribution is 2.44. The fourth-order valence-corrected chi connectivity index (χ4v) is 4.88. The molecule has 0 radical (unpaired) electrons. The molecular weight excluding hydrogens is 436 g/mol. The first kappa shape index (κ1) is 25.0. The quantitative estimate of drug-likeness (QED) is 0.359. The summed E-state index contributed by atoms with van der Waals surface area (Å²) in [7, 11) is 0. The Hall–Kier alpha value is -3.12. The van der Waals surface area contributed by atoms with Crippen molar-refractivity contribution >= 4 is 5.57 Å². The third-order valence-electron chi connectivity index (χ3n) is 7.00. The zero-order chi connectivity index (χ0) is 24.9.